The number of hydrogen-bond donors (Lipinski definition) is 0. The molecule has 86 valence electrons. The van der Waals surface area contributed by atoms with Crippen molar-refractivity contribution in [3.05, 3.63) is 0 Å². The van der Waals surface area contributed by atoms with Gasteiger partial charge in [-0.05, 0) is 31.6 Å². The van der Waals surface area contributed by atoms with Gasteiger partial charge in [-0.2, -0.15) is 0 Å². The van der Waals surface area contributed by atoms with E-state index in [-0.39, 0.29) is 6.10 Å². The fourth-order valence-electron chi connectivity index (χ4n) is 2.88. The molecule has 0 N–H and O–H groups in total. The fraction of sp³-hybridized carbons (Fsp3) is 0.923. The molecular formula is C13H22O2. The lowest BCUT2D eigenvalue weighted by Crippen LogP contribution is -2.30. The number of carbonyl (C=O) groups excluding carboxylic acids is 1. The second-order valence-electron chi connectivity index (χ2n) is 5.29. The smallest absolute Gasteiger partial charge is 0.135 e. The van der Waals surface area contributed by atoms with Crippen LogP contribution in [0.5, 0.6) is 0 Å². The number of ether oxygens (including phenoxy) is 1. The van der Waals surface area contributed by atoms with Gasteiger partial charge in [-0.25, -0.2) is 0 Å². The molecule has 0 aromatic rings. The first kappa shape index (κ1) is 11.1. The van der Waals surface area contributed by atoms with Crippen molar-refractivity contribution < 1.29 is 9.53 Å². The minimum atomic E-state index is 0.238. The van der Waals surface area contributed by atoms with Crippen LogP contribution in [0.4, 0.5) is 0 Å². The number of rotatable bonds is 2. The van der Waals surface area contributed by atoms with E-state index in [1.807, 2.05) is 0 Å². The Morgan fingerprint density at radius 3 is 2.67 bits per heavy atom. The molecule has 2 saturated carbocycles. The molecule has 0 amide bonds. The molecule has 2 aliphatic rings. The van der Waals surface area contributed by atoms with E-state index < -0.39 is 0 Å². The third kappa shape index (κ3) is 3.30. The summed E-state index contributed by atoms with van der Waals surface area (Å²) < 4.78 is 6.05. The maximum atomic E-state index is 11.3. The average Bonchev–Trinajstić information content (AvgIpc) is 2.17. The van der Waals surface area contributed by atoms with Gasteiger partial charge in [0.05, 0.1) is 12.2 Å². The van der Waals surface area contributed by atoms with Crippen LogP contribution in [0.2, 0.25) is 0 Å². The first-order valence-corrected chi connectivity index (χ1v) is 6.41. The van der Waals surface area contributed by atoms with Crippen LogP contribution in [-0.4, -0.2) is 18.0 Å². The van der Waals surface area contributed by atoms with E-state index in [4.69, 9.17) is 4.74 Å². The van der Waals surface area contributed by atoms with E-state index in [2.05, 4.69) is 6.92 Å². The van der Waals surface area contributed by atoms with Crippen molar-refractivity contribution >= 4 is 5.78 Å². The summed E-state index contributed by atoms with van der Waals surface area (Å²) in [6.45, 7) is 2.31. The van der Waals surface area contributed by atoms with Gasteiger partial charge in [-0.15, -0.1) is 0 Å². The predicted molar refractivity (Wildman–Crippen MR) is 59.8 cm³/mol. The Balaban J connectivity index is 1.77. The number of carbonyl (C=O) groups is 1. The SMILES string of the molecule is CC1CCCC(OC2CCCC(=O)C2)C1. The van der Waals surface area contributed by atoms with Crippen LogP contribution in [0.1, 0.15) is 58.3 Å². The molecule has 0 heterocycles. The largest absolute Gasteiger partial charge is 0.375 e. The van der Waals surface area contributed by atoms with Gasteiger partial charge in [-0.1, -0.05) is 19.8 Å². The van der Waals surface area contributed by atoms with Gasteiger partial charge in [0.1, 0.15) is 5.78 Å². The third-order valence-electron chi connectivity index (χ3n) is 3.71. The Labute approximate surface area is 92.4 Å². The maximum Gasteiger partial charge on any atom is 0.135 e. The van der Waals surface area contributed by atoms with Gasteiger partial charge in [0.15, 0.2) is 0 Å². The van der Waals surface area contributed by atoms with Crippen LogP contribution in [0.3, 0.4) is 0 Å². The van der Waals surface area contributed by atoms with Gasteiger partial charge in [-0.3, -0.25) is 4.79 Å². The lowest BCUT2D eigenvalue weighted by molar-refractivity contribution is -0.127. The number of hydrogen-bond acceptors (Lipinski definition) is 2. The van der Waals surface area contributed by atoms with Crippen molar-refractivity contribution in [3.8, 4) is 0 Å². The molecule has 2 aliphatic carbocycles. The third-order valence-corrected chi connectivity index (χ3v) is 3.71. The minimum Gasteiger partial charge on any atom is -0.375 e. The lowest BCUT2D eigenvalue weighted by atomic mass is 9.88. The van der Waals surface area contributed by atoms with Crippen molar-refractivity contribution in [3.63, 3.8) is 0 Å². The van der Waals surface area contributed by atoms with Gasteiger partial charge in [0, 0.05) is 12.8 Å². The summed E-state index contributed by atoms with van der Waals surface area (Å²) in [6, 6.07) is 0. The van der Waals surface area contributed by atoms with Crippen LogP contribution in [0.25, 0.3) is 0 Å². The zero-order valence-corrected chi connectivity index (χ0v) is 9.71. The number of Topliss-reactive ketones (excluding diaryl/α,β-unsaturated/α-hetero) is 1. The zero-order valence-electron chi connectivity index (χ0n) is 9.71. The first-order valence-electron chi connectivity index (χ1n) is 6.41. The molecule has 0 saturated heterocycles. The summed E-state index contributed by atoms with van der Waals surface area (Å²) in [5.74, 6) is 1.21. The van der Waals surface area contributed by atoms with E-state index in [0.717, 1.165) is 25.2 Å². The van der Waals surface area contributed by atoms with Crippen LogP contribution in [0, 0.1) is 5.92 Å². The second-order valence-corrected chi connectivity index (χ2v) is 5.29. The van der Waals surface area contributed by atoms with Crippen LogP contribution in [0.15, 0.2) is 0 Å². The molecule has 3 atom stereocenters. The highest BCUT2D eigenvalue weighted by atomic mass is 16.5. The van der Waals surface area contributed by atoms with Crippen molar-refractivity contribution in [2.45, 2.75) is 70.5 Å². The quantitative estimate of drug-likeness (QED) is 0.700. The van der Waals surface area contributed by atoms with Gasteiger partial charge in [0.2, 0.25) is 0 Å². The minimum absolute atomic E-state index is 0.238. The van der Waals surface area contributed by atoms with Gasteiger partial charge < -0.3 is 4.74 Å². The Hall–Kier alpha value is -0.370. The molecule has 0 aromatic heterocycles. The highest BCUT2D eigenvalue weighted by Gasteiger charge is 2.26. The van der Waals surface area contributed by atoms with Crippen LogP contribution in [-0.2, 0) is 9.53 Å². The summed E-state index contributed by atoms with van der Waals surface area (Å²) >= 11 is 0. The summed E-state index contributed by atoms with van der Waals surface area (Å²) in [4.78, 5) is 11.3. The van der Waals surface area contributed by atoms with Gasteiger partial charge in [0.25, 0.3) is 0 Å². The van der Waals surface area contributed by atoms with E-state index in [0.29, 0.717) is 18.3 Å². The molecule has 3 unspecified atom stereocenters. The standard InChI is InChI=1S/C13H22O2/c1-10-4-2-6-12(8-10)15-13-7-3-5-11(14)9-13/h10,12-13H,2-9H2,1H3. The average molecular weight is 210 g/mol. The zero-order chi connectivity index (χ0) is 10.7. The summed E-state index contributed by atoms with van der Waals surface area (Å²) in [6.07, 6.45) is 9.30. The van der Waals surface area contributed by atoms with E-state index in [9.17, 15) is 4.79 Å². The summed E-state index contributed by atoms with van der Waals surface area (Å²) in [5, 5.41) is 0. The molecule has 0 aromatic carbocycles. The van der Waals surface area contributed by atoms with Crippen molar-refractivity contribution in [1.82, 2.24) is 0 Å². The molecule has 2 heteroatoms. The molecule has 0 bridgehead atoms. The highest BCUT2D eigenvalue weighted by Crippen LogP contribution is 2.29. The molecule has 0 aliphatic heterocycles. The van der Waals surface area contributed by atoms with Gasteiger partial charge >= 0.3 is 0 Å². The predicted octanol–water partition coefficient (Wildman–Crippen LogP) is 3.09. The fourth-order valence-corrected chi connectivity index (χ4v) is 2.88. The summed E-state index contributed by atoms with van der Waals surface area (Å²) in [7, 11) is 0. The molecule has 0 radical (unpaired) electrons. The Morgan fingerprint density at radius 1 is 1.13 bits per heavy atom. The molecule has 2 rings (SSSR count). The second kappa shape index (κ2) is 5.11. The maximum absolute atomic E-state index is 11.3. The monoisotopic (exact) mass is 210 g/mol. The molecule has 0 spiro atoms. The highest BCUT2D eigenvalue weighted by molar-refractivity contribution is 5.79. The Bertz CT molecular complexity index is 225. The van der Waals surface area contributed by atoms with Crippen LogP contribution < -0.4 is 0 Å². The number of ketones is 1. The van der Waals surface area contributed by atoms with Crippen LogP contribution >= 0.6 is 0 Å². The first-order chi connectivity index (χ1) is 7.24. The van der Waals surface area contributed by atoms with E-state index in [1.54, 1.807) is 0 Å². The summed E-state index contributed by atoms with van der Waals surface area (Å²) in [5.41, 5.74) is 0. The molecular weight excluding hydrogens is 188 g/mol. The molecule has 2 fully saturated rings. The van der Waals surface area contributed by atoms with E-state index >= 15 is 0 Å². The molecule has 2 nitrogen and oxygen atoms in total. The molecule has 15 heavy (non-hydrogen) atoms. The topological polar surface area (TPSA) is 26.3 Å². The normalized spacial score (nSPS) is 37.9. The Morgan fingerprint density at radius 2 is 1.93 bits per heavy atom. The van der Waals surface area contributed by atoms with E-state index in [1.165, 1.54) is 25.7 Å². The van der Waals surface area contributed by atoms with Crippen molar-refractivity contribution in [2.24, 2.45) is 5.92 Å². The lowest BCUT2D eigenvalue weighted by Gasteiger charge is -2.31. The van der Waals surface area contributed by atoms with Crippen molar-refractivity contribution in [1.29, 1.82) is 0 Å². The van der Waals surface area contributed by atoms with Crippen molar-refractivity contribution in [2.75, 3.05) is 0 Å². The Kier molecular flexibility index (Phi) is 3.79.